The zero-order valence-electron chi connectivity index (χ0n) is 16.1. The molecular weight excluding hydrogens is 402 g/mol. The molecule has 5 nitrogen and oxygen atoms in total. The van der Waals surface area contributed by atoms with Crippen LogP contribution in [-0.2, 0) is 10.5 Å². The third kappa shape index (κ3) is 4.16. The fourth-order valence-corrected chi connectivity index (χ4v) is 4.92. The zero-order valence-corrected chi connectivity index (χ0v) is 17.7. The molecule has 0 aliphatic heterocycles. The minimum absolute atomic E-state index is 0.308. The number of nitrogens with zero attached hydrogens (tertiary/aromatic N) is 3. The van der Waals surface area contributed by atoms with Crippen molar-refractivity contribution in [3.05, 3.63) is 70.9 Å². The Balaban J connectivity index is 1.91. The molecule has 2 heterocycles. The predicted molar refractivity (Wildman–Crippen MR) is 117 cm³/mol. The van der Waals surface area contributed by atoms with Gasteiger partial charge < -0.3 is 4.74 Å². The van der Waals surface area contributed by atoms with Crippen LogP contribution in [0.5, 0.6) is 0 Å². The number of carbonyl (C=O) groups is 1. The van der Waals surface area contributed by atoms with E-state index in [2.05, 4.69) is 10.2 Å². The molecule has 0 saturated heterocycles. The Morgan fingerprint density at radius 1 is 1.07 bits per heavy atom. The number of rotatable bonds is 6. The normalized spacial score (nSPS) is 11.0. The van der Waals surface area contributed by atoms with E-state index in [1.54, 1.807) is 0 Å². The molecule has 0 N–H and O–H groups in total. The van der Waals surface area contributed by atoms with Crippen molar-refractivity contribution < 1.29 is 9.53 Å². The van der Waals surface area contributed by atoms with Crippen LogP contribution in [0.3, 0.4) is 0 Å². The van der Waals surface area contributed by atoms with Crippen molar-refractivity contribution in [3.63, 3.8) is 0 Å². The van der Waals surface area contributed by atoms with E-state index in [-0.39, 0.29) is 5.97 Å². The molecule has 29 heavy (non-hydrogen) atoms. The van der Waals surface area contributed by atoms with Crippen molar-refractivity contribution in [2.24, 2.45) is 0 Å². The lowest BCUT2D eigenvalue weighted by Crippen LogP contribution is -2.12. The van der Waals surface area contributed by atoms with Gasteiger partial charge in [0.25, 0.3) is 0 Å². The molecule has 4 rings (SSSR count). The molecule has 0 radical (unpaired) electrons. The van der Waals surface area contributed by atoms with Crippen LogP contribution < -0.4 is 0 Å². The summed E-state index contributed by atoms with van der Waals surface area (Å²) in [5.74, 6) is 0.154. The Kier molecular flexibility index (Phi) is 5.87. The Labute approximate surface area is 177 Å². The summed E-state index contributed by atoms with van der Waals surface area (Å²) < 4.78 is 6.28. The van der Waals surface area contributed by atoms with Gasteiger partial charge in [-0.25, -0.2) is 4.79 Å². The van der Waals surface area contributed by atoms with E-state index in [1.165, 1.54) is 23.1 Å². The van der Waals surface area contributed by atoms with Gasteiger partial charge in [-0.2, -0.15) is 0 Å². The molecule has 146 valence electrons. The van der Waals surface area contributed by atoms with Gasteiger partial charge in [0.15, 0.2) is 4.34 Å². The first-order valence-electron chi connectivity index (χ1n) is 9.24. The largest absolute Gasteiger partial charge is 0.462 e. The van der Waals surface area contributed by atoms with E-state index in [1.807, 2.05) is 68.4 Å². The number of carbonyl (C=O) groups excluding carboxylic acids is 1. The Bertz CT molecular complexity index is 1160. The maximum absolute atomic E-state index is 13.0. The van der Waals surface area contributed by atoms with Gasteiger partial charge in [-0.3, -0.25) is 4.98 Å². The van der Waals surface area contributed by atoms with Crippen molar-refractivity contribution in [2.75, 3.05) is 6.61 Å². The molecule has 0 aliphatic carbocycles. The predicted octanol–water partition coefficient (Wildman–Crippen LogP) is 5.53. The van der Waals surface area contributed by atoms with Gasteiger partial charge in [-0.1, -0.05) is 71.6 Å². The first kappa shape index (κ1) is 19.5. The average molecular weight is 422 g/mol. The molecule has 0 bridgehead atoms. The number of pyridine rings is 1. The number of ether oxygens (including phenoxy) is 1. The number of hydrogen-bond acceptors (Lipinski definition) is 7. The van der Waals surface area contributed by atoms with E-state index < -0.39 is 0 Å². The van der Waals surface area contributed by atoms with Gasteiger partial charge in [-0.05, 0) is 25.5 Å². The van der Waals surface area contributed by atoms with Crippen LogP contribution in [0.1, 0.15) is 28.0 Å². The Morgan fingerprint density at radius 3 is 2.55 bits per heavy atom. The lowest BCUT2D eigenvalue weighted by molar-refractivity contribution is 0.0526. The highest BCUT2D eigenvalue weighted by atomic mass is 32.2. The fraction of sp³-hybridized carbons (Fsp3) is 0.182. The minimum atomic E-state index is -0.353. The number of fused-ring (bicyclic) bond motifs is 1. The number of esters is 1. The van der Waals surface area contributed by atoms with Crippen LogP contribution in [0, 0.1) is 6.92 Å². The molecular formula is C22H19N3O2S2. The average Bonchev–Trinajstić information content (AvgIpc) is 3.17. The third-order valence-electron chi connectivity index (χ3n) is 4.35. The van der Waals surface area contributed by atoms with Crippen LogP contribution in [0.2, 0.25) is 0 Å². The Hall–Kier alpha value is -2.77. The van der Waals surface area contributed by atoms with Crippen LogP contribution in [-0.4, -0.2) is 27.8 Å². The third-order valence-corrected chi connectivity index (χ3v) is 6.33. The molecule has 0 unspecified atom stereocenters. The first-order chi connectivity index (χ1) is 14.2. The molecule has 0 saturated carbocycles. The second kappa shape index (κ2) is 8.71. The van der Waals surface area contributed by atoms with Crippen molar-refractivity contribution in [1.82, 2.24) is 15.2 Å². The number of para-hydroxylation sites is 1. The van der Waals surface area contributed by atoms with E-state index in [4.69, 9.17) is 9.72 Å². The summed E-state index contributed by atoms with van der Waals surface area (Å²) in [4.78, 5) is 17.8. The molecule has 7 heteroatoms. The molecule has 0 atom stereocenters. The van der Waals surface area contributed by atoms with Crippen molar-refractivity contribution in [3.8, 4) is 11.1 Å². The topological polar surface area (TPSA) is 65.0 Å². The van der Waals surface area contributed by atoms with Gasteiger partial charge in [0.1, 0.15) is 5.01 Å². The van der Waals surface area contributed by atoms with E-state index in [0.717, 1.165) is 31.4 Å². The lowest BCUT2D eigenvalue weighted by Gasteiger charge is -2.16. The number of aryl methyl sites for hydroxylation is 1. The zero-order chi connectivity index (χ0) is 20.2. The maximum atomic E-state index is 13.0. The van der Waals surface area contributed by atoms with Crippen LogP contribution in [0.25, 0.3) is 22.0 Å². The second-order valence-electron chi connectivity index (χ2n) is 6.29. The highest BCUT2D eigenvalue weighted by Crippen LogP contribution is 2.36. The van der Waals surface area contributed by atoms with Gasteiger partial charge in [0.05, 0.1) is 23.4 Å². The quantitative estimate of drug-likeness (QED) is 0.301. The SMILES string of the molecule is CCOC(=O)c1c(CSc2nnc(C)s2)nc2ccccc2c1-c1ccccc1. The summed E-state index contributed by atoms with van der Waals surface area (Å²) in [5, 5.41) is 10.1. The summed E-state index contributed by atoms with van der Waals surface area (Å²) in [6.45, 7) is 4.04. The van der Waals surface area contributed by atoms with Crippen LogP contribution in [0.15, 0.2) is 58.9 Å². The summed E-state index contributed by atoms with van der Waals surface area (Å²) in [7, 11) is 0. The van der Waals surface area contributed by atoms with E-state index in [9.17, 15) is 4.79 Å². The molecule has 0 spiro atoms. The molecule has 2 aromatic carbocycles. The standard InChI is InChI=1S/C22H19N3O2S2/c1-3-27-21(26)20-18(13-28-22-25-24-14(2)29-22)23-17-12-8-7-11-16(17)19(20)15-9-5-4-6-10-15/h4-12H,3,13H2,1-2H3. The number of thioether (sulfide) groups is 1. The van der Waals surface area contributed by atoms with Gasteiger partial charge in [0, 0.05) is 16.7 Å². The maximum Gasteiger partial charge on any atom is 0.340 e. The van der Waals surface area contributed by atoms with E-state index >= 15 is 0 Å². The number of aromatic nitrogens is 3. The summed E-state index contributed by atoms with van der Waals surface area (Å²) in [5.41, 5.74) is 3.89. The van der Waals surface area contributed by atoms with Crippen LogP contribution in [0.4, 0.5) is 0 Å². The van der Waals surface area contributed by atoms with Gasteiger partial charge in [0.2, 0.25) is 0 Å². The molecule has 4 aromatic rings. The minimum Gasteiger partial charge on any atom is -0.462 e. The molecule has 0 fully saturated rings. The first-order valence-corrected chi connectivity index (χ1v) is 11.0. The van der Waals surface area contributed by atoms with E-state index in [0.29, 0.717) is 23.6 Å². The van der Waals surface area contributed by atoms with Crippen molar-refractivity contribution in [2.45, 2.75) is 23.9 Å². The lowest BCUT2D eigenvalue weighted by atomic mass is 9.94. The molecule has 2 aromatic heterocycles. The van der Waals surface area contributed by atoms with Crippen molar-refractivity contribution in [1.29, 1.82) is 0 Å². The molecule has 0 amide bonds. The smallest absolute Gasteiger partial charge is 0.340 e. The van der Waals surface area contributed by atoms with Crippen LogP contribution >= 0.6 is 23.1 Å². The Morgan fingerprint density at radius 2 is 1.83 bits per heavy atom. The summed E-state index contributed by atoms with van der Waals surface area (Å²) >= 11 is 3.06. The summed E-state index contributed by atoms with van der Waals surface area (Å²) in [6.07, 6.45) is 0. The number of hydrogen-bond donors (Lipinski definition) is 0. The van der Waals surface area contributed by atoms with Crippen molar-refractivity contribution >= 4 is 40.0 Å². The monoisotopic (exact) mass is 421 g/mol. The summed E-state index contributed by atoms with van der Waals surface area (Å²) in [6, 6.07) is 17.8. The number of benzene rings is 2. The highest BCUT2D eigenvalue weighted by Gasteiger charge is 2.23. The fourth-order valence-electron chi connectivity index (χ4n) is 3.16. The van der Waals surface area contributed by atoms with Gasteiger partial charge >= 0.3 is 5.97 Å². The van der Waals surface area contributed by atoms with Gasteiger partial charge in [-0.15, -0.1) is 10.2 Å². The second-order valence-corrected chi connectivity index (χ2v) is 8.69. The highest BCUT2D eigenvalue weighted by molar-refractivity contribution is 8.00. The molecule has 0 aliphatic rings.